The zero-order valence-electron chi connectivity index (χ0n) is 13.5. The molecule has 1 amide bonds. The number of carboxylic acids is 1. The fourth-order valence-electron chi connectivity index (χ4n) is 1.59. The summed E-state index contributed by atoms with van der Waals surface area (Å²) >= 11 is 0. The Morgan fingerprint density at radius 1 is 1.26 bits per heavy atom. The second kappa shape index (κ2) is 6.99. The topological polar surface area (TPSA) is 110 Å². The van der Waals surface area contributed by atoms with Gasteiger partial charge in [0.2, 0.25) is 5.91 Å². The minimum Gasteiger partial charge on any atom is -0.482 e. The van der Waals surface area contributed by atoms with Crippen molar-refractivity contribution in [1.82, 2.24) is 0 Å². The van der Waals surface area contributed by atoms with Crippen LogP contribution in [-0.4, -0.2) is 42.5 Å². The Bertz CT molecular complexity index is 703. The van der Waals surface area contributed by atoms with Gasteiger partial charge in [0.25, 0.3) is 0 Å². The molecule has 0 heterocycles. The van der Waals surface area contributed by atoms with Gasteiger partial charge in [0, 0.05) is 5.69 Å². The molecule has 0 spiro atoms. The number of sulfone groups is 1. The maximum atomic E-state index is 12.0. The van der Waals surface area contributed by atoms with E-state index < -0.39 is 38.8 Å². The van der Waals surface area contributed by atoms with E-state index >= 15 is 0 Å². The van der Waals surface area contributed by atoms with E-state index in [1.807, 2.05) is 0 Å². The maximum Gasteiger partial charge on any atom is 0.341 e. The van der Waals surface area contributed by atoms with Gasteiger partial charge in [-0.05, 0) is 51.5 Å². The molecule has 128 valence electrons. The molecule has 1 aromatic rings. The highest BCUT2D eigenvalue weighted by molar-refractivity contribution is 7.93. The molecule has 0 atom stereocenters. The van der Waals surface area contributed by atoms with E-state index in [9.17, 15) is 18.0 Å². The molecule has 0 aliphatic carbocycles. The lowest BCUT2D eigenvalue weighted by atomic mass is 10.2. The van der Waals surface area contributed by atoms with E-state index in [-0.39, 0.29) is 0 Å². The second-order valence-corrected chi connectivity index (χ2v) is 8.82. The minimum atomic E-state index is -3.56. The number of rotatable bonds is 6. The minimum absolute atomic E-state index is 0.352. The van der Waals surface area contributed by atoms with E-state index in [1.54, 1.807) is 13.0 Å². The van der Waals surface area contributed by atoms with E-state index in [0.29, 0.717) is 17.0 Å². The van der Waals surface area contributed by atoms with Crippen molar-refractivity contribution in [3.63, 3.8) is 0 Å². The second-order valence-electron chi connectivity index (χ2n) is 6.08. The lowest BCUT2D eigenvalue weighted by Gasteiger charge is -2.19. The zero-order valence-corrected chi connectivity index (χ0v) is 14.4. The summed E-state index contributed by atoms with van der Waals surface area (Å²) in [5.74, 6) is -1.97. The number of ether oxygens (including phenoxy) is 1. The molecule has 1 rings (SSSR count). The monoisotopic (exact) mass is 343 g/mol. The Labute approximate surface area is 135 Å². The quantitative estimate of drug-likeness (QED) is 0.812. The van der Waals surface area contributed by atoms with Crippen molar-refractivity contribution in [2.45, 2.75) is 32.4 Å². The van der Waals surface area contributed by atoms with E-state index in [1.165, 1.54) is 32.9 Å². The number of aryl methyl sites for hydroxylation is 1. The van der Waals surface area contributed by atoms with Gasteiger partial charge < -0.3 is 15.2 Å². The van der Waals surface area contributed by atoms with Crippen LogP contribution in [0.4, 0.5) is 5.69 Å². The summed E-state index contributed by atoms with van der Waals surface area (Å²) in [6.45, 7) is 5.84. The van der Waals surface area contributed by atoms with Crippen LogP contribution in [-0.2, 0) is 19.4 Å². The van der Waals surface area contributed by atoms with Crippen LogP contribution >= 0.6 is 0 Å². The number of amides is 1. The molecule has 0 aromatic heterocycles. The lowest BCUT2D eigenvalue weighted by molar-refractivity contribution is -0.139. The molecule has 0 radical (unpaired) electrons. The number of nitrogens with one attached hydrogen (secondary N) is 1. The standard InChI is InChI=1S/C15H21NO6S/c1-10-7-11(22-8-14(18)19)5-6-12(10)16-13(17)9-23(20,21)15(2,3)4/h5-7H,8-9H2,1-4H3,(H,16,17)(H,18,19). The molecule has 0 saturated heterocycles. The lowest BCUT2D eigenvalue weighted by Crippen LogP contribution is -2.35. The van der Waals surface area contributed by atoms with Crippen molar-refractivity contribution in [2.75, 3.05) is 17.7 Å². The number of carbonyl (C=O) groups is 2. The third-order valence-corrected chi connectivity index (χ3v) is 5.60. The van der Waals surface area contributed by atoms with Crippen molar-refractivity contribution < 1.29 is 27.9 Å². The number of carbonyl (C=O) groups excluding carboxylic acids is 1. The Kier molecular flexibility index (Phi) is 5.76. The van der Waals surface area contributed by atoms with Crippen LogP contribution < -0.4 is 10.1 Å². The average molecular weight is 343 g/mol. The van der Waals surface area contributed by atoms with E-state index in [0.717, 1.165) is 0 Å². The molecule has 1 aromatic carbocycles. The zero-order chi connectivity index (χ0) is 17.8. The molecular weight excluding hydrogens is 322 g/mol. The van der Waals surface area contributed by atoms with Crippen LogP contribution in [0.1, 0.15) is 26.3 Å². The van der Waals surface area contributed by atoms with Crippen molar-refractivity contribution in [1.29, 1.82) is 0 Å². The molecule has 2 N–H and O–H groups in total. The van der Waals surface area contributed by atoms with Crippen LogP contribution in [0.5, 0.6) is 5.75 Å². The largest absolute Gasteiger partial charge is 0.482 e. The molecule has 0 aliphatic heterocycles. The van der Waals surface area contributed by atoms with E-state index in [4.69, 9.17) is 9.84 Å². The van der Waals surface area contributed by atoms with Gasteiger partial charge in [-0.2, -0.15) is 0 Å². The van der Waals surface area contributed by atoms with Crippen LogP contribution in [0.15, 0.2) is 18.2 Å². The fraction of sp³-hybridized carbons (Fsp3) is 0.467. The first-order chi connectivity index (χ1) is 10.4. The predicted octanol–water partition coefficient (Wildman–Crippen LogP) is 1.61. The molecule has 7 nitrogen and oxygen atoms in total. The van der Waals surface area contributed by atoms with Crippen LogP contribution in [0.2, 0.25) is 0 Å². The molecule has 0 aliphatic rings. The predicted molar refractivity (Wildman–Crippen MR) is 86.5 cm³/mol. The number of aliphatic carboxylic acids is 1. The Morgan fingerprint density at radius 3 is 2.35 bits per heavy atom. The van der Waals surface area contributed by atoms with Gasteiger partial charge in [-0.25, -0.2) is 13.2 Å². The summed E-state index contributed by atoms with van der Waals surface area (Å²) in [6, 6.07) is 4.61. The summed E-state index contributed by atoms with van der Waals surface area (Å²) in [4.78, 5) is 22.4. The van der Waals surface area contributed by atoms with Gasteiger partial charge >= 0.3 is 5.97 Å². The van der Waals surface area contributed by atoms with Gasteiger partial charge in [0.1, 0.15) is 11.5 Å². The summed E-state index contributed by atoms with van der Waals surface area (Å²) in [7, 11) is -3.56. The molecule has 0 saturated carbocycles. The normalized spacial score (nSPS) is 11.8. The molecule has 0 bridgehead atoms. The van der Waals surface area contributed by atoms with Crippen LogP contribution in [0.25, 0.3) is 0 Å². The van der Waals surface area contributed by atoms with Gasteiger partial charge in [0.15, 0.2) is 16.4 Å². The first-order valence-corrected chi connectivity index (χ1v) is 8.55. The van der Waals surface area contributed by atoms with Gasteiger partial charge in [0.05, 0.1) is 4.75 Å². The molecule has 23 heavy (non-hydrogen) atoms. The summed E-state index contributed by atoms with van der Waals surface area (Å²) in [5, 5.41) is 11.1. The highest BCUT2D eigenvalue weighted by atomic mass is 32.2. The fourth-order valence-corrected chi connectivity index (χ4v) is 2.44. The van der Waals surface area contributed by atoms with Gasteiger partial charge in [-0.3, -0.25) is 4.79 Å². The molecule has 8 heteroatoms. The Balaban J connectivity index is 2.78. The highest BCUT2D eigenvalue weighted by Crippen LogP contribution is 2.22. The van der Waals surface area contributed by atoms with Gasteiger partial charge in [-0.15, -0.1) is 0 Å². The number of hydrogen-bond donors (Lipinski definition) is 2. The first-order valence-electron chi connectivity index (χ1n) is 6.90. The highest BCUT2D eigenvalue weighted by Gasteiger charge is 2.31. The van der Waals surface area contributed by atoms with Crippen molar-refractivity contribution in [2.24, 2.45) is 0 Å². The number of hydrogen-bond acceptors (Lipinski definition) is 5. The SMILES string of the molecule is Cc1cc(OCC(=O)O)ccc1NC(=O)CS(=O)(=O)C(C)(C)C. The number of carboxylic acid groups (broad SMARTS) is 1. The van der Waals surface area contributed by atoms with Crippen molar-refractivity contribution in [3.05, 3.63) is 23.8 Å². The van der Waals surface area contributed by atoms with Crippen LogP contribution in [0.3, 0.4) is 0 Å². The average Bonchev–Trinajstić information content (AvgIpc) is 2.37. The van der Waals surface area contributed by atoms with E-state index in [2.05, 4.69) is 5.32 Å². The maximum absolute atomic E-state index is 12.0. The Hall–Kier alpha value is -2.09. The number of benzene rings is 1. The third kappa shape index (κ3) is 5.55. The van der Waals surface area contributed by atoms with Crippen molar-refractivity contribution in [3.8, 4) is 5.75 Å². The summed E-state index contributed by atoms with van der Waals surface area (Å²) < 4.78 is 28.0. The smallest absolute Gasteiger partial charge is 0.341 e. The van der Waals surface area contributed by atoms with Gasteiger partial charge in [-0.1, -0.05) is 0 Å². The van der Waals surface area contributed by atoms with Crippen LogP contribution in [0, 0.1) is 6.92 Å². The van der Waals surface area contributed by atoms with Crippen molar-refractivity contribution >= 4 is 27.4 Å². The molecule has 0 fully saturated rings. The summed E-state index contributed by atoms with van der Waals surface area (Å²) in [5.41, 5.74) is 1.08. The molecular formula is C15H21NO6S. The number of anilines is 1. The third-order valence-electron chi connectivity index (χ3n) is 3.09. The Morgan fingerprint density at radius 2 is 1.87 bits per heavy atom. The molecule has 0 unspecified atom stereocenters. The summed E-state index contributed by atoms with van der Waals surface area (Å²) in [6.07, 6.45) is 0. The first kappa shape index (κ1) is 19.0.